The van der Waals surface area contributed by atoms with E-state index in [9.17, 15) is 9.59 Å². The van der Waals surface area contributed by atoms with Gasteiger partial charge in [-0.3, -0.25) is 9.59 Å². The predicted molar refractivity (Wildman–Crippen MR) is 128 cm³/mol. The Hall–Kier alpha value is -3.39. The van der Waals surface area contributed by atoms with E-state index >= 15 is 0 Å². The maximum absolute atomic E-state index is 12.9. The number of nitrogens with one attached hydrogen (secondary N) is 3. The van der Waals surface area contributed by atoms with Gasteiger partial charge in [0.1, 0.15) is 11.9 Å². The van der Waals surface area contributed by atoms with Crippen LogP contribution < -0.4 is 15.5 Å². The number of ether oxygens (including phenoxy) is 1. The van der Waals surface area contributed by atoms with Gasteiger partial charge in [-0.1, -0.05) is 24.3 Å². The molecule has 0 radical (unpaired) electrons. The summed E-state index contributed by atoms with van der Waals surface area (Å²) in [6, 6.07) is 11.2. The lowest BCUT2D eigenvalue weighted by atomic mass is 10.0. The number of aromatic nitrogens is 2. The third-order valence-electron chi connectivity index (χ3n) is 5.81. The molecule has 2 aromatic heterocycles. The number of amides is 2. The highest BCUT2D eigenvalue weighted by Gasteiger charge is 2.24. The molecule has 1 saturated heterocycles. The largest absolute Gasteiger partial charge is 0.372 e. The fraction of sp³-hybridized carbons (Fsp3) is 0.400. The number of rotatable bonds is 7. The predicted octanol–water partition coefficient (Wildman–Crippen LogP) is 2.54. The summed E-state index contributed by atoms with van der Waals surface area (Å²) in [6.45, 7) is 7.50. The van der Waals surface area contributed by atoms with E-state index in [1.54, 1.807) is 6.20 Å². The number of carbonyl (C=O) groups is 2. The van der Waals surface area contributed by atoms with E-state index in [0.29, 0.717) is 13.0 Å². The molecule has 3 atom stereocenters. The van der Waals surface area contributed by atoms with Gasteiger partial charge >= 0.3 is 0 Å². The summed E-state index contributed by atoms with van der Waals surface area (Å²) in [5, 5.41) is 6.77. The van der Waals surface area contributed by atoms with Crippen LogP contribution in [0.3, 0.4) is 0 Å². The van der Waals surface area contributed by atoms with Gasteiger partial charge in [0.25, 0.3) is 0 Å². The minimum atomic E-state index is -0.662. The number of hydrogen-bond acceptors (Lipinski definition) is 5. The number of morpholine rings is 1. The Bertz CT molecular complexity index is 1100. The number of para-hydroxylation sites is 1. The normalized spacial score (nSPS) is 19.3. The van der Waals surface area contributed by atoms with Crippen molar-refractivity contribution >= 4 is 28.5 Å². The first-order valence-electron chi connectivity index (χ1n) is 11.3. The standard InChI is InChI=1S/C25H31N5O3/c1-16-14-30(15-17(2)33-16)24-9-8-19(11-27-24)12-28-25(32)23(29-18(3)31)10-20-13-26-22-7-5-4-6-21(20)22/h4-9,11,13,16-17,23,26H,10,12,14-15H2,1-3H3,(H,28,32)(H,29,31). The summed E-state index contributed by atoms with van der Waals surface area (Å²) in [5.41, 5.74) is 2.89. The molecule has 1 fully saturated rings. The molecular weight excluding hydrogens is 418 g/mol. The van der Waals surface area contributed by atoms with E-state index in [1.807, 2.05) is 42.6 Å². The Labute approximate surface area is 193 Å². The summed E-state index contributed by atoms with van der Waals surface area (Å²) < 4.78 is 5.79. The maximum atomic E-state index is 12.9. The van der Waals surface area contributed by atoms with Crippen molar-refractivity contribution in [3.05, 3.63) is 59.9 Å². The van der Waals surface area contributed by atoms with Crippen molar-refractivity contribution in [2.45, 2.75) is 52.0 Å². The van der Waals surface area contributed by atoms with E-state index < -0.39 is 6.04 Å². The van der Waals surface area contributed by atoms with Gasteiger partial charge in [-0.05, 0) is 37.1 Å². The van der Waals surface area contributed by atoms with Gasteiger partial charge in [0.05, 0.1) is 12.2 Å². The molecule has 1 aromatic carbocycles. The zero-order valence-electron chi connectivity index (χ0n) is 19.3. The number of nitrogens with zero attached hydrogens (tertiary/aromatic N) is 2. The summed E-state index contributed by atoms with van der Waals surface area (Å²) >= 11 is 0. The number of fused-ring (bicyclic) bond motifs is 1. The van der Waals surface area contributed by atoms with Crippen LogP contribution in [0, 0.1) is 0 Å². The fourth-order valence-electron chi connectivity index (χ4n) is 4.36. The second-order valence-electron chi connectivity index (χ2n) is 8.72. The van der Waals surface area contributed by atoms with Crippen LogP contribution in [-0.2, 0) is 27.3 Å². The van der Waals surface area contributed by atoms with Gasteiger partial charge in [0.2, 0.25) is 11.8 Å². The number of anilines is 1. The van der Waals surface area contributed by atoms with Crippen LogP contribution in [-0.4, -0.2) is 53.1 Å². The van der Waals surface area contributed by atoms with Crippen molar-refractivity contribution in [3.8, 4) is 0 Å². The molecule has 0 bridgehead atoms. The zero-order valence-corrected chi connectivity index (χ0v) is 19.3. The minimum Gasteiger partial charge on any atom is -0.372 e. The lowest BCUT2D eigenvalue weighted by Gasteiger charge is -2.36. The van der Waals surface area contributed by atoms with Crippen molar-refractivity contribution in [2.24, 2.45) is 0 Å². The van der Waals surface area contributed by atoms with Crippen LogP contribution in [0.2, 0.25) is 0 Å². The first-order chi connectivity index (χ1) is 15.9. The van der Waals surface area contributed by atoms with Crippen LogP contribution in [0.1, 0.15) is 31.9 Å². The van der Waals surface area contributed by atoms with Gasteiger partial charge in [-0.2, -0.15) is 0 Å². The van der Waals surface area contributed by atoms with Gasteiger partial charge < -0.3 is 25.3 Å². The average Bonchev–Trinajstić information content (AvgIpc) is 3.19. The van der Waals surface area contributed by atoms with Crippen LogP contribution in [0.15, 0.2) is 48.8 Å². The molecule has 33 heavy (non-hydrogen) atoms. The van der Waals surface area contributed by atoms with Crippen molar-refractivity contribution in [2.75, 3.05) is 18.0 Å². The van der Waals surface area contributed by atoms with Crippen molar-refractivity contribution < 1.29 is 14.3 Å². The van der Waals surface area contributed by atoms with Crippen LogP contribution in [0.5, 0.6) is 0 Å². The molecule has 174 valence electrons. The molecule has 0 saturated carbocycles. The van der Waals surface area contributed by atoms with E-state index in [4.69, 9.17) is 4.74 Å². The highest BCUT2D eigenvalue weighted by atomic mass is 16.5. The SMILES string of the molecule is CC(=O)NC(Cc1c[nH]c2ccccc12)C(=O)NCc1ccc(N2CC(C)OC(C)C2)nc1. The minimum absolute atomic E-state index is 0.164. The van der Waals surface area contributed by atoms with E-state index in [0.717, 1.165) is 40.9 Å². The second-order valence-corrected chi connectivity index (χ2v) is 8.72. The number of aromatic amines is 1. The smallest absolute Gasteiger partial charge is 0.243 e. The summed E-state index contributed by atoms with van der Waals surface area (Å²) in [7, 11) is 0. The molecule has 0 aliphatic carbocycles. The molecule has 8 nitrogen and oxygen atoms in total. The highest BCUT2D eigenvalue weighted by Crippen LogP contribution is 2.20. The summed E-state index contributed by atoms with van der Waals surface area (Å²) in [6.07, 6.45) is 4.41. The monoisotopic (exact) mass is 449 g/mol. The van der Waals surface area contributed by atoms with Crippen LogP contribution in [0.4, 0.5) is 5.82 Å². The summed E-state index contributed by atoms with van der Waals surface area (Å²) in [4.78, 5) is 34.7. The number of benzene rings is 1. The van der Waals surface area contributed by atoms with Crippen LogP contribution >= 0.6 is 0 Å². The zero-order chi connectivity index (χ0) is 23.4. The van der Waals surface area contributed by atoms with E-state index in [-0.39, 0.29) is 24.0 Å². The van der Waals surface area contributed by atoms with Crippen molar-refractivity contribution in [1.82, 2.24) is 20.6 Å². The molecule has 4 rings (SSSR count). The Morgan fingerprint density at radius 1 is 1.18 bits per heavy atom. The molecule has 2 amide bonds. The molecular formula is C25H31N5O3. The highest BCUT2D eigenvalue weighted by molar-refractivity contribution is 5.89. The molecule has 1 aliphatic rings. The number of H-pyrrole nitrogens is 1. The quantitative estimate of drug-likeness (QED) is 0.515. The van der Waals surface area contributed by atoms with E-state index in [2.05, 4.69) is 39.3 Å². The fourth-order valence-corrected chi connectivity index (χ4v) is 4.36. The van der Waals surface area contributed by atoms with Gasteiger partial charge in [0.15, 0.2) is 0 Å². The topological polar surface area (TPSA) is 99.3 Å². The van der Waals surface area contributed by atoms with Crippen molar-refractivity contribution in [1.29, 1.82) is 0 Å². The van der Waals surface area contributed by atoms with Gasteiger partial charge in [0, 0.05) is 56.3 Å². The Morgan fingerprint density at radius 3 is 2.64 bits per heavy atom. The Morgan fingerprint density at radius 2 is 1.94 bits per heavy atom. The first-order valence-corrected chi connectivity index (χ1v) is 11.3. The molecule has 3 aromatic rings. The number of pyridine rings is 1. The molecule has 3 unspecified atom stereocenters. The maximum Gasteiger partial charge on any atom is 0.243 e. The first kappa shape index (κ1) is 22.8. The lowest BCUT2D eigenvalue weighted by molar-refractivity contribution is -0.128. The number of hydrogen-bond donors (Lipinski definition) is 3. The molecule has 8 heteroatoms. The van der Waals surface area contributed by atoms with Gasteiger partial charge in [-0.25, -0.2) is 4.98 Å². The van der Waals surface area contributed by atoms with Crippen molar-refractivity contribution in [3.63, 3.8) is 0 Å². The third kappa shape index (κ3) is 5.70. The Kier molecular flexibility index (Phi) is 6.93. The Balaban J connectivity index is 1.38. The molecule has 0 spiro atoms. The molecule has 1 aliphatic heterocycles. The lowest BCUT2D eigenvalue weighted by Crippen LogP contribution is -2.47. The summed E-state index contributed by atoms with van der Waals surface area (Å²) in [5.74, 6) is 0.438. The van der Waals surface area contributed by atoms with Crippen LogP contribution in [0.25, 0.3) is 10.9 Å². The van der Waals surface area contributed by atoms with Gasteiger partial charge in [-0.15, -0.1) is 0 Å². The molecule has 3 N–H and O–H groups in total. The molecule has 3 heterocycles. The average molecular weight is 450 g/mol. The van der Waals surface area contributed by atoms with E-state index in [1.165, 1.54) is 6.92 Å². The number of carbonyl (C=O) groups excluding carboxylic acids is 2. The third-order valence-corrected chi connectivity index (χ3v) is 5.81. The second kappa shape index (κ2) is 10.0.